The van der Waals surface area contributed by atoms with Gasteiger partial charge in [0.1, 0.15) is 19.3 Å². The Morgan fingerprint density at radius 2 is 0.491 bits per heavy atom. The number of ether oxygens (including phenoxy) is 4. The lowest BCUT2D eigenvalue weighted by Crippen LogP contribution is -2.30. The van der Waals surface area contributed by atoms with E-state index in [1.165, 1.54) is 19.3 Å². The SMILES string of the molecule is CC/C=C\C/C=C\C/C=C\C/C=C\C/C=C\C/C=C\CCC(=O)OCC(COP(=O)(O)OCC(O)COP(=O)(O)OCC(COC(=O)CCCCCCCC/C=C\C/C=C\C/C=C\CCCCC)OC(=O)CCCCCCCCC/C=C\C/C=C\C/C=C\CC)OC(=O)CCC/C=C\C/C=C\C/C=C\C/C=C\C/C=C\CC. The van der Waals surface area contributed by atoms with Crippen LogP contribution in [0, 0.1) is 0 Å². The molecule has 5 atom stereocenters. The maximum absolute atomic E-state index is 13.1. The molecule has 0 fully saturated rings. The fraction of sp³-hybridized carbons (Fsp3) is 0.591. The van der Waals surface area contributed by atoms with Crippen molar-refractivity contribution in [1.82, 2.24) is 0 Å². The average molecular weight is 1600 g/mol. The molecule has 0 bridgehead atoms. The Labute approximate surface area is 678 Å². The number of hydrogen-bond acceptors (Lipinski definition) is 15. The Bertz CT molecular complexity index is 2940. The van der Waals surface area contributed by atoms with Crippen LogP contribution in [0.25, 0.3) is 0 Å². The number of carbonyl (C=O) groups is 4. The lowest BCUT2D eigenvalue weighted by Gasteiger charge is -2.21. The molecule has 0 saturated carbocycles. The lowest BCUT2D eigenvalue weighted by molar-refractivity contribution is -0.161. The Morgan fingerprint density at radius 1 is 0.259 bits per heavy atom. The smallest absolute Gasteiger partial charge is 0.462 e. The fourth-order valence-electron chi connectivity index (χ4n) is 10.4. The summed E-state index contributed by atoms with van der Waals surface area (Å²) in [5.74, 6) is -2.38. The summed E-state index contributed by atoms with van der Waals surface area (Å²) < 4.78 is 68.6. The van der Waals surface area contributed by atoms with Crippen LogP contribution in [0.15, 0.2) is 207 Å². The summed E-state index contributed by atoms with van der Waals surface area (Å²) >= 11 is 0. The van der Waals surface area contributed by atoms with Crippen molar-refractivity contribution in [3.05, 3.63) is 207 Å². The van der Waals surface area contributed by atoms with Gasteiger partial charge >= 0.3 is 39.5 Å². The highest BCUT2D eigenvalue weighted by Gasteiger charge is 2.30. The van der Waals surface area contributed by atoms with Crippen molar-refractivity contribution >= 4 is 39.5 Å². The largest absolute Gasteiger partial charge is 0.472 e. The van der Waals surface area contributed by atoms with Gasteiger partial charge in [0.2, 0.25) is 0 Å². The Balaban J connectivity index is 5.54. The first kappa shape index (κ1) is 106. The van der Waals surface area contributed by atoms with Gasteiger partial charge in [0, 0.05) is 25.7 Å². The number of hydrogen-bond donors (Lipinski definition) is 3. The summed E-state index contributed by atoms with van der Waals surface area (Å²) in [7, 11) is -10.0. The first-order valence-electron chi connectivity index (χ1n) is 42.3. The van der Waals surface area contributed by atoms with Crippen LogP contribution < -0.4 is 0 Å². The first-order chi connectivity index (χ1) is 54.7. The molecule has 0 radical (unpaired) electrons. The lowest BCUT2D eigenvalue weighted by atomic mass is 10.1. The molecular weight excluding hydrogens is 1450 g/mol. The topological polar surface area (TPSA) is 237 Å². The molecule has 0 aromatic carbocycles. The van der Waals surface area contributed by atoms with Gasteiger partial charge in [0.05, 0.1) is 26.4 Å². The number of aliphatic hydroxyl groups is 1. The number of carbonyl (C=O) groups excluding carboxylic acids is 4. The predicted molar refractivity (Wildman–Crippen MR) is 463 cm³/mol. The molecule has 0 aromatic heterocycles. The van der Waals surface area contributed by atoms with Crippen LogP contribution in [0.5, 0.6) is 0 Å². The zero-order valence-electron chi connectivity index (χ0n) is 69.3. The maximum atomic E-state index is 13.1. The molecule has 0 aliphatic rings. The highest BCUT2D eigenvalue weighted by molar-refractivity contribution is 7.47. The summed E-state index contributed by atoms with van der Waals surface area (Å²) in [5.41, 5.74) is 0. The second kappa shape index (κ2) is 82.6. The van der Waals surface area contributed by atoms with Crippen LogP contribution in [0.1, 0.15) is 297 Å². The van der Waals surface area contributed by atoms with Crippen molar-refractivity contribution in [3.8, 4) is 0 Å². The van der Waals surface area contributed by atoms with E-state index in [1.807, 2.05) is 30.4 Å². The summed E-state index contributed by atoms with van der Waals surface area (Å²) in [6, 6.07) is 0. The predicted octanol–water partition coefficient (Wildman–Crippen LogP) is 25.4. The van der Waals surface area contributed by atoms with E-state index in [4.69, 9.17) is 37.0 Å². The number of allylic oxidation sites excluding steroid dienone is 34. The number of rotatable bonds is 77. The number of esters is 4. The van der Waals surface area contributed by atoms with Gasteiger partial charge in [-0.15, -0.1) is 0 Å². The second-order valence-corrected chi connectivity index (χ2v) is 30.2. The summed E-state index contributed by atoms with van der Waals surface area (Å²) in [5, 5.41) is 10.7. The molecule has 0 heterocycles. The van der Waals surface area contributed by atoms with Crippen molar-refractivity contribution < 1.29 is 80.2 Å². The van der Waals surface area contributed by atoms with Crippen molar-refractivity contribution in [2.24, 2.45) is 0 Å². The van der Waals surface area contributed by atoms with Gasteiger partial charge < -0.3 is 33.8 Å². The highest BCUT2D eigenvalue weighted by Crippen LogP contribution is 2.45. The van der Waals surface area contributed by atoms with E-state index < -0.39 is 97.5 Å². The van der Waals surface area contributed by atoms with Crippen LogP contribution in [0.2, 0.25) is 0 Å². The molecule has 3 N–H and O–H groups in total. The number of phosphoric ester groups is 2. The summed E-state index contributed by atoms with van der Waals surface area (Å²) in [6.07, 6.45) is 104. The van der Waals surface area contributed by atoms with E-state index in [0.29, 0.717) is 38.5 Å². The zero-order valence-corrected chi connectivity index (χ0v) is 71.0. The van der Waals surface area contributed by atoms with Crippen LogP contribution in [0.3, 0.4) is 0 Å². The van der Waals surface area contributed by atoms with E-state index in [9.17, 15) is 43.2 Å². The number of aliphatic hydroxyl groups excluding tert-OH is 1. The minimum absolute atomic E-state index is 0.00823. The van der Waals surface area contributed by atoms with Crippen LogP contribution in [0.4, 0.5) is 0 Å². The van der Waals surface area contributed by atoms with Gasteiger partial charge in [0.15, 0.2) is 12.2 Å². The Hall–Kier alpha value is -6.36. The molecular formula is C93H148O17P2. The van der Waals surface area contributed by atoms with E-state index in [1.54, 1.807) is 0 Å². The summed E-state index contributed by atoms with van der Waals surface area (Å²) in [4.78, 5) is 73.2. The molecule has 0 aromatic rings. The normalized spacial score (nSPS) is 14.8. The van der Waals surface area contributed by atoms with Crippen molar-refractivity contribution in [2.75, 3.05) is 39.6 Å². The molecule has 0 aliphatic heterocycles. The van der Waals surface area contributed by atoms with Gasteiger partial charge in [-0.2, -0.15) is 0 Å². The van der Waals surface area contributed by atoms with Crippen LogP contribution >= 0.6 is 15.6 Å². The molecule has 0 rings (SSSR count). The van der Waals surface area contributed by atoms with Crippen molar-refractivity contribution in [3.63, 3.8) is 0 Å². The van der Waals surface area contributed by atoms with Gasteiger partial charge in [0.25, 0.3) is 0 Å². The molecule has 17 nitrogen and oxygen atoms in total. The second-order valence-electron chi connectivity index (χ2n) is 27.3. The number of unbranched alkanes of at least 4 members (excludes halogenated alkanes) is 17. The van der Waals surface area contributed by atoms with E-state index >= 15 is 0 Å². The van der Waals surface area contributed by atoms with E-state index in [0.717, 1.165) is 186 Å². The fourth-order valence-corrected chi connectivity index (χ4v) is 12.0. The minimum atomic E-state index is -5.03. The van der Waals surface area contributed by atoms with Crippen molar-refractivity contribution in [2.45, 2.75) is 316 Å². The Kier molecular flexibility index (Phi) is 77.9. The molecule has 632 valence electrons. The molecule has 19 heteroatoms. The molecule has 0 amide bonds. The average Bonchev–Trinajstić information content (AvgIpc) is 0.895. The van der Waals surface area contributed by atoms with E-state index in [2.05, 4.69) is 204 Å². The third-order valence-electron chi connectivity index (χ3n) is 16.7. The van der Waals surface area contributed by atoms with Gasteiger partial charge in [-0.25, -0.2) is 9.13 Å². The quantitative estimate of drug-likeness (QED) is 0.0169. The van der Waals surface area contributed by atoms with Gasteiger partial charge in [-0.05, 0) is 173 Å². The molecule has 5 unspecified atom stereocenters. The zero-order chi connectivity index (χ0) is 81.7. The first-order valence-corrected chi connectivity index (χ1v) is 45.3. The van der Waals surface area contributed by atoms with Gasteiger partial charge in [-0.1, -0.05) is 305 Å². The van der Waals surface area contributed by atoms with E-state index in [-0.39, 0.29) is 25.7 Å². The molecule has 0 spiro atoms. The monoisotopic (exact) mass is 1600 g/mol. The molecule has 0 saturated heterocycles. The Morgan fingerprint density at radius 3 is 0.804 bits per heavy atom. The van der Waals surface area contributed by atoms with Gasteiger partial charge in [-0.3, -0.25) is 37.3 Å². The molecule has 112 heavy (non-hydrogen) atoms. The molecule has 0 aliphatic carbocycles. The third kappa shape index (κ3) is 81.6. The van der Waals surface area contributed by atoms with Crippen LogP contribution in [-0.2, 0) is 65.4 Å². The minimum Gasteiger partial charge on any atom is -0.462 e. The number of phosphoric acid groups is 2. The summed E-state index contributed by atoms with van der Waals surface area (Å²) in [6.45, 7) is 4.32. The standard InChI is InChI=1S/C93H148O17P2/c1-5-9-13-17-21-25-29-33-37-41-43-47-49-53-57-61-65-69-73-77-90(95)103-83-88(109-92(97)79-75-71-67-63-59-55-51-45-39-35-31-27-23-19-15-11-7-3)85-107-111(99,100)105-81-87(94)82-106-112(101,102)108-86-89(110-93(98)80-76-72-68-64-60-56-52-46-40-36-32-28-24-20-16-12-8-4)84-104-91(96)78-74-70-66-62-58-54-50-48-44-42-38-34-30-26-22-18-14-10-6-2/h9,11-13,15-16,21-28,33-40,43-44,47-48,51,53,55,57,63,65,67,69,87-89,94H,5-8,10,14,17-20,29-32,41-42,45-46,49-50,52,54,56,58-62,64,66,68,70-86H2,1-4H3,(H,99,100)(H,101,102)/b13-9-,15-11-,16-12-,25-21-,26-22-,27-23-,28-24-,37-33-,38-34-,39-35-,40-36-,47-43-,48-44-,55-51-,57-53-,67-63-,69-65-. The maximum Gasteiger partial charge on any atom is 0.472 e. The van der Waals surface area contributed by atoms with Crippen LogP contribution in [-0.4, -0.2) is 96.7 Å². The third-order valence-corrected chi connectivity index (χ3v) is 18.6. The highest BCUT2D eigenvalue weighted by atomic mass is 31.2. The van der Waals surface area contributed by atoms with Crippen molar-refractivity contribution in [1.29, 1.82) is 0 Å².